The summed E-state index contributed by atoms with van der Waals surface area (Å²) >= 11 is 0. The first-order valence-corrected chi connectivity index (χ1v) is 6.52. The van der Waals surface area contributed by atoms with Gasteiger partial charge in [0.25, 0.3) is 0 Å². The van der Waals surface area contributed by atoms with E-state index in [4.69, 9.17) is 4.74 Å². The Bertz CT molecular complexity index is 394. The van der Waals surface area contributed by atoms with E-state index in [9.17, 15) is 0 Å². The van der Waals surface area contributed by atoms with Gasteiger partial charge in [-0.3, -0.25) is 0 Å². The molecule has 2 atom stereocenters. The van der Waals surface area contributed by atoms with Crippen molar-refractivity contribution in [3.05, 3.63) is 18.1 Å². The molecule has 0 spiro atoms. The lowest BCUT2D eigenvalue weighted by molar-refractivity contribution is -0.00900. The number of anilines is 1. The molecule has 1 aliphatic carbocycles. The maximum absolute atomic E-state index is 5.88. The van der Waals surface area contributed by atoms with Crippen molar-refractivity contribution in [3.63, 3.8) is 0 Å². The average molecular weight is 233 g/mol. The second-order valence-electron chi connectivity index (χ2n) is 4.92. The number of hydrogen-bond donors (Lipinski definition) is 0. The van der Waals surface area contributed by atoms with Gasteiger partial charge in [0.1, 0.15) is 11.6 Å². The number of aromatic nitrogens is 2. The summed E-state index contributed by atoms with van der Waals surface area (Å²) in [6.07, 6.45) is 7.31. The number of ether oxygens (including phenoxy) is 1. The summed E-state index contributed by atoms with van der Waals surface area (Å²) in [6.45, 7) is 3.73. The van der Waals surface area contributed by atoms with Crippen molar-refractivity contribution < 1.29 is 4.74 Å². The number of fused-ring (bicyclic) bond motifs is 1. The lowest BCUT2D eigenvalue weighted by atomic mass is 9.90. The van der Waals surface area contributed by atoms with Crippen LogP contribution in [0, 0.1) is 6.92 Å². The average Bonchev–Trinajstić information content (AvgIpc) is 2.38. The van der Waals surface area contributed by atoms with Crippen molar-refractivity contribution in [2.75, 3.05) is 18.1 Å². The first-order chi connectivity index (χ1) is 8.34. The largest absolute Gasteiger partial charge is 0.374 e. The zero-order valence-corrected chi connectivity index (χ0v) is 10.3. The van der Waals surface area contributed by atoms with Gasteiger partial charge in [-0.05, 0) is 25.8 Å². The van der Waals surface area contributed by atoms with Gasteiger partial charge in [0.05, 0.1) is 18.8 Å². The van der Waals surface area contributed by atoms with Crippen LogP contribution in [0.3, 0.4) is 0 Å². The number of hydrogen-bond acceptors (Lipinski definition) is 4. The van der Waals surface area contributed by atoms with Gasteiger partial charge in [-0.1, -0.05) is 12.8 Å². The fraction of sp³-hybridized carbons (Fsp3) is 0.692. The zero-order chi connectivity index (χ0) is 11.7. The minimum Gasteiger partial charge on any atom is -0.374 e. The van der Waals surface area contributed by atoms with E-state index in [1.165, 1.54) is 25.7 Å². The fourth-order valence-electron chi connectivity index (χ4n) is 2.98. The van der Waals surface area contributed by atoms with Crippen molar-refractivity contribution >= 4 is 5.82 Å². The summed E-state index contributed by atoms with van der Waals surface area (Å²) in [6, 6.07) is 2.54. The van der Waals surface area contributed by atoms with Gasteiger partial charge in [0.2, 0.25) is 0 Å². The topological polar surface area (TPSA) is 38.2 Å². The van der Waals surface area contributed by atoms with Crippen molar-refractivity contribution in [3.8, 4) is 0 Å². The summed E-state index contributed by atoms with van der Waals surface area (Å²) in [5.74, 6) is 1.92. The molecule has 1 saturated heterocycles. The van der Waals surface area contributed by atoms with E-state index in [0.717, 1.165) is 24.8 Å². The summed E-state index contributed by atoms with van der Waals surface area (Å²) in [5.41, 5.74) is 0. The standard InChI is InChI=1S/C13H19N3O/c1-10-14-7-6-13(15-10)16-8-9-17-12-5-3-2-4-11(12)16/h6-7,11-12H,2-5,8-9H2,1H3/t11-,12-/m0/s1. The maximum atomic E-state index is 5.88. The Balaban J connectivity index is 1.85. The summed E-state index contributed by atoms with van der Waals surface area (Å²) in [4.78, 5) is 11.1. The SMILES string of the molecule is Cc1nccc(N2CCO[C@H]3CCCC[C@@H]32)n1. The Labute approximate surface area is 102 Å². The molecule has 0 radical (unpaired) electrons. The molecule has 17 heavy (non-hydrogen) atoms. The van der Waals surface area contributed by atoms with Crippen LogP contribution in [0.2, 0.25) is 0 Å². The molecule has 4 heteroatoms. The van der Waals surface area contributed by atoms with E-state index >= 15 is 0 Å². The van der Waals surface area contributed by atoms with Gasteiger partial charge in [0, 0.05) is 12.7 Å². The number of nitrogens with zero attached hydrogens (tertiary/aromatic N) is 3. The van der Waals surface area contributed by atoms with Crippen molar-refractivity contribution in [1.29, 1.82) is 0 Å². The third-order valence-electron chi connectivity index (χ3n) is 3.79. The molecule has 2 aliphatic rings. The van der Waals surface area contributed by atoms with Crippen LogP contribution < -0.4 is 4.90 Å². The van der Waals surface area contributed by atoms with E-state index in [1.807, 2.05) is 19.2 Å². The molecule has 0 amide bonds. The Morgan fingerprint density at radius 1 is 1.35 bits per heavy atom. The molecule has 3 rings (SSSR count). The van der Waals surface area contributed by atoms with Gasteiger partial charge in [-0.15, -0.1) is 0 Å². The lowest BCUT2D eigenvalue weighted by Gasteiger charge is -2.44. The van der Waals surface area contributed by atoms with E-state index in [2.05, 4.69) is 14.9 Å². The van der Waals surface area contributed by atoms with Crippen LogP contribution in [-0.4, -0.2) is 35.3 Å². The summed E-state index contributed by atoms with van der Waals surface area (Å²) < 4.78 is 5.88. The minimum absolute atomic E-state index is 0.410. The molecule has 0 unspecified atom stereocenters. The molecule has 0 aromatic carbocycles. The Morgan fingerprint density at radius 2 is 2.24 bits per heavy atom. The molecule has 92 valence electrons. The normalized spacial score (nSPS) is 28.9. The molecule has 0 N–H and O–H groups in total. The minimum atomic E-state index is 0.410. The molecule has 1 aromatic heterocycles. The molecule has 0 bridgehead atoms. The monoisotopic (exact) mass is 233 g/mol. The highest BCUT2D eigenvalue weighted by Crippen LogP contribution is 2.30. The van der Waals surface area contributed by atoms with Crippen LogP contribution >= 0.6 is 0 Å². The van der Waals surface area contributed by atoms with Crippen LogP contribution in [0.4, 0.5) is 5.82 Å². The molecule has 1 aromatic rings. The van der Waals surface area contributed by atoms with Crippen LogP contribution in [0.5, 0.6) is 0 Å². The molecule has 1 saturated carbocycles. The van der Waals surface area contributed by atoms with Gasteiger partial charge < -0.3 is 9.64 Å². The molecular weight excluding hydrogens is 214 g/mol. The predicted octanol–water partition coefficient (Wildman–Crippen LogP) is 1.93. The molecule has 4 nitrogen and oxygen atoms in total. The van der Waals surface area contributed by atoms with E-state index in [-0.39, 0.29) is 0 Å². The van der Waals surface area contributed by atoms with E-state index < -0.39 is 0 Å². The number of aryl methyl sites for hydroxylation is 1. The molecule has 2 heterocycles. The first-order valence-electron chi connectivity index (χ1n) is 6.52. The van der Waals surface area contributed by atoms with Gasteiger partial charge in [-0.2, -0.15) is 0 Å². The van der Waals surface area contributed by atoms with Gasteiger partial charge >= 0.3 is 0 Å². The number of morpholine rings is 1. The zero-order valence-electron chi connectivity index (χ0n) is 10.3. The summed E-state index contributed by atoms with van der Waals surface area (Å²) in [7, 11) is 0. The van der Waals surface area contributed by atoms with E-state index in [0.29, 0.717) is 12.1 Å². The van der Waals surface area contributed by atoms with Gasteiger partial charge in [-0.25, -0.2) is 9.97 Å². The van der Waals surface area contributed by atoms with Gasteiger partial charge in [0.15, 0.2) is 0 Å². The highest BCUT2D eigenvalue weighted by Gasteiger charge is 2.34. The van der Waals surface area contributed by atoms with E-state index in [1.54, 1.807) is 0 Å². The Morgan fingerprint density at radius 3 is 3.12 bits per heavy atom. The highest BCUT2D eigenvalue weighted by molar-refractivity contribution is 5.40. The molecule has 1 aliphatic heterocycles. The predicted molar refractivity (Wildman–Crippen MR) is 66.1 cm³/mol. The molecule has 2 fully saturated rings. The van der Waals surface area contributed by atoms with Crippen molar-refractivity contribution in [2.45, 2.75) is 44.8 Å². The quantitative estimate of drug-likeness (QED) is 0.743. The van der Waals surface area contributed by atoms with Crippen molar-refractivity contribution in [1.82, 2.24) is 9.97 Å². The van der Waals surface area contributed by atoms with Crippen LogP contribution in [0.15, 0.2) is 12.3 Å². The Hall–Kier alpha value is -1.16. The first kappa shape index (κ1) is 11.0. The van der Waals surface area contributed by atoms with Crippen LogP contribution in [0.1, 0.15) is 31.5 Å². The highest BCUT2D eigenvalue weighted by atomic mass is 16.5. The summed E-state index contributed by atoms with van der Waals surface area (Å²) in [5, 5.41) is 0. The second kappa shape index (κ2) is 4.61. The third-order valence-corrected chi connectivity index (χ3v) is 3.79. The van der Waals surface area contributed by atoms with Crippen LogP contribution in [-0.2, 0) is 4.74 Å². The fourth-order valence-corrected chi connectivity index (χ4v) is 2.98. The van der Waals surface area contributed by atoms with Crippen LogP contribution in [0.25, 0.3) is 0 Å². The molecular formula is C13H19N3O. The maximum Gasteiger partial charge on any atom is 0.132 e. The number of rotatable bonds is 1. The smallest absolute Gasteiger partial charge is 0.132 e. The third kappa shape index (κ3) is 2.14. The lowest BCUT2D eigenvalue weighted by Crippen LogP contribution is -2.53. The Kier molecular flexibility index (Phi) is 2.97. The van der Waals surface area contributed by atoms with Crippen molar-refractivity contribution in [2.24, 2.45) is 0 Å². The second-order valence-corrected chi connectivity index (χ2v) is 4.92.